The van der Waals surface area contributed by atoms with Gasteiger partial charge in [-0.15, -0.1) is 0 Å². The van der Waals surface area contributed by atoms with Crippen LogP contribution in [0.1, 0.15) is 12.8 Å². The molecule has 0 aromatic carbocycles. The molecule has 0 bridgehead atoms. The van der Waals surface area contributed by atoms with Crippen LogP contribution in [0.15, 0.2) is 0 Å². The molecule has 0 aromatic heterocycles. The summed E-state index contributed by atoms with van der Waals surface area (Å²) in [5.41, 5.74) is 0. The highest BCUT2D eigenvalue weighted by Gasteiger charge is 2.18. The monoisotopic (exact) mass is 186 g/mol. The highest BCUT2D eigenvalue weighted by atomic mass is 32.2. The van der Waals surface area contributed by atoms with Gasteiger partial charge in [0.15, 0.2) is 0 Å². The third-order valence-corrected chi connectivity index (χ3v) is 3.81. The Bertz CT molecular complexity index is 128. The predicted octanol–water partition coefficient (Wildman–Crippen LogP) is 0.787. The molecule has 0 saturated carbocycles. The van der Waals surface area contributed by atoms with Crippen molar-refractivity contribution < 1.29 is 0 Å². The molecule has 2 heterocycles. The van der Waals surface area contributed by atoms with E-state index in [-0.39, 0.29) is 0 Å². The number of thioether (sulfide) groups is 1. The number of hydrogen-bond acceptors (Lipinski definition) is 3. The smallest absolute Gasteiger partial charge is 0.0285 e. The van der Waals surface area contributed by atoms with E-state index in [1.807, 2.05) is 0 Å². The molecule has 2 nitrogen and oxygen atoms in total. The van der Waals surface area contributed by atoms with Gasteiger partial charge in [0.05, 0.1) is 0 Å². The maximum Gasteiger partial charge on any atom is 0.0285 e. The second kappa shape index (κ2) is 4.49. The zero-order valence-corrected chi connectivity index (χ0v) is 8.41. The van der Waals surface area contributed by atoms with Crippen LogP contribution in [0.2, 0.25) is 0 Å². The number of nitrogens with one attached hydrogen (secondary N) is 1. The van der Waals surface area contributed by atoms with E-state index in [2.05, 4.69) is 22.0 Å². The second-order valence-corrected chi connectivity index (χ2v) is 4.88. The van der Waals surface area contributed by atoms with Gasteiger partial charge < -0.3 is 10.2 Å². The topological polar surface area (TPSA) is 15.3 Å². The molecule has 0 amide bonds. The molecule has 1 N–H and O–H groups in total. The van der Waals surface area contributed by atoms with Gasteiger partial charge in [-0.25, -0.2) is 0 Å². The summed E-state index contributed by atoms with van der Waals surface area (Å²) in [5, 5.41) is 3.58. The average Bonchev–Trinajstić information content (AvgIpc) is 2.59. The first-order valence-corrected chi connectivity index (χ1v) is 6.14. The Balaban J connectivity index is 1.69. The van der Waals surface area contributed by atoms with Crippen molar-refractivity contribution in [3.05, 3.63) is 0 Å². The molecular weight excluding hydrogens is 168 g/mol. The Morgan fingerprint density at radius 2 is 2.17 bits per heavy atom. The van der Waals surface area contributed by atoms with Crippen molar-refractivity contribution >= 4 is 11.8 Å². The second-order valence-electron chi connectivity index (χ2n) is 3.73. The Morgan fingerprint density at radius 1 is 1.33 bits per heavy atom. The first-order valence-electron chi connectivity index (χ1n) is 4.98. The summed E-state index contributed by atoms with van der Waals surface area (Å²) >= 11 is 2.10. The molecule has 0 radical (unpaired) electrons. The van der Waals surface area contributed by atoms with Gasteiger partial charge in [-0.3, -0.25) is 0 Å². The van der Waals surface area contributed by atoms with Gasteiger partial charge in [0, 0.05) is 30.6 Å². The van der Waals surface area contributed by atoms with Crippen molar-refractivity contribution in [2.75, 3.05) is 37.7 Å². The lowest BCUT2D eigenvalue weighted by Gasteiger charge is -2.27. The van der Waals surface area contributed by atoms with Crippen LogP contribution in [0.5, 0.6) is 0 Å². The van der Waals surface area contributed by atoms with Crippen LogP contribution < -0.4 is 5.32 Å². The van der Waals surface area contributed by atoms with Gasteiger partial charge in [-0.05, 0) is 25.9 Å². The largest absolute Gasteiger partial charge is 0.311 e. The zero-order valence-electron chi connectivity index (χ0n) is 7.59. The lowest BCUT2D eigenvalue weighted by atomic mass is 10.3. The lowest BCUT2D eigenvalue weighted by molar-refractivity contribution is 0.301. The van der Waals surface area contributed by atoms with Crippen molar-refractivity contribution in [1.82, 2.24) is 10.2 Å². The molecule has 2 aliphatic rings. The molecular formula is C9H18N2S. The Morgan fingerprint density at radius 3 is 2.83 bits per heavy atom. The summed E-state index contributed by atoms with van der Waals surface area (Å²) in [6.07, 6.45) is 2.83. The minimum absolute atomic E-state index is 0.766. The van der Waals surface area contributed by atoms with Gasteiger partial charge in [-0.2, -0.15) is 11.8 Å². The van der Waals surface area contributed by atoms with Crippen LogP contribution >= 0.6 is 11.8 Å². The van der Waals surface area contributed by atoms with Gasteiger partial charge >= 0.3 is 0 Å². The van der Waals surface area contributed by atoms with E-state index in [4.69, 9.17) is 0 Å². The molecule has 2 fully saturated rings. The molecule has 1 unspecified atom stereocenters. The number of rotatable bonds is 2. The van der Waals surface area contributed by atoms with E-state index < -0.39 is 0 Å². The van der Waals surface area contributed by atoms with Crippen LogP contribution in [0, 0.1) is 0 Å². The first kappa shape index (κ1) is 8.85. The normalized spacial score (nSPS) is 32.5. The molecule has 2 rings (SSSR count). The van der Waals surface area contributed by atoms with Gasteiger partial charge in [0.1, 0.15) is 0 Å². The van der Waals surface area contributed by atoms with Crippen molar-refractivity contribution in [1.29, 1.82) is 0 Å². The van der Waals surface area contributed by atoms with E-state index in [1.165, 1.54) is 50.5 Å². The van der Waals surface area contributed by atoms with Gasteiger partial charge in [0.2, 0.25) is 0 Å². The van der Waals surface area contributed by atoms with E-state index in [9.17, 15) is 0 Å². The minimum Gasteiger partial charge on any atom is -0.311 e. The third kappa shape index (κ3) is 2.38. The Kier molecular flexibility index (Phi) is 3.31. The van der Waals surface area contributed by atoms with Gasteiger partial charge in [-0.1, -0.05) is 0 Å². The molecule has 2 aliphatic heterocycles. The minimum atomic E-state index is 0.766. The summed E-state index contributed by atoms with van der Waals surface area (Å²) in [4.78, 5) is 2.60. The highest BCUT2D eigenvalue weighted by Crippen LogP contribution is 2.12. The van der Waals surface area contributed by atoms with Crippen LogP contribution in [-0.4, -0.2) is 48.6 Å². The standard InChI is InChI=1S/C9H18N2S/c1-2-5-11(4-1)7-9-8-12-6-3-10-9/h9-10H,1-8H2. The molecule has 0 aliphatic carbocycles. The van der Waals surface area contributed by atoms with Crippen molar-refractivity contribution in [3.63, 3.8) is 0 Å². The van der Waals surface area contributed by atoms with Crippen LogP contribution in [0.3, 0.4) is 0 Å². The molecule has 2 saturated heterocycles. The highest BCUT2D eigenvalue weighted by molar-refractivity contribution is 7.99. The molecule has 0 spiro atoms. The maximum atomic E-state index is 3.58. The molecule has 3 heteroatoms. The number of hydrogen-bond donors (Lipinski definition) is 1. The van der Waals surface area contributed by atoms with Crippen molar-refractivity contribution in [2.45, 2.75) is 18.9 Å². The predicted molar refractivity (Wildman–Crippen MR) is 54.8 cm³/mol. The molecule has 70 valence electrons. The van der Waals surface area contributed by atoms with Crippen LogP contribution in [-0.2, 0) is 0 Å². The summed E-state index contributed by atoms with van der Waals surface area (Å²) in [6, 6.07) is 0.766. The van der Waals surface area contributed by atoms with E-state index in [0.29, 0.717) is 0 Å². The summed E-state index contributed by atoms with van der Waals surface area (Å²) < 4.78 is 0. The average molecular weight is 186 g/mol. The fourth-order valence-electron chi connectivity index (χ4n) is 2.01. The first-order chi connectivity index (χ1) is 5.95. The fraction of sp³-hybridized carbons (Fsp3) is 1.00. The molecule has 12 heavy (non-hydrogen) atoms. The maximum absolute atomic E-state index is 3.58. The molecule has 0 aromatic rings. The zero-order chi connectivity index (χ0) is 8.23. The van der Waals surface area contributed by atoms with E-state index >= 15 is 0 Å². The van der Waals surface area contributed by atoms with E-state index in [1.54, 1.807) is 0 Å². The summed E-state index contributed by atoms with van der Waals surface area (Å²) in [7, 11) is 0. The number of nitrogens with zero attached hydrogens (tertiary/aromatic N) is 1. The van der Waals surface area contributed by atoms with Crippen LogP contribution in [0.4, 0.5) is 0 Å². The lowest BCUT2D eigenvalue weighted by Crippen LogP contribution is -2.45. The summed E-state index contributed by atoms with van der Waals surface area (Å²) in [5.74, 6) is 2.62. The Hall–Kier alpha value is 0.270. The Labute approximate surface area is 79.1 Å². The van der Waals surface area contributed by atoms with Crippen LogP contribution in [0.25, 0.3) is 0 Å². The summed E-state index contributed by atoms with van der Waals surface area (Å²) in [6.45, 7) is 5.17. The van der Waals surface area contributed by atoms with E-state index in [0.717, 1.165) is 6.04 Å². The number of likely N-dealkylation sites (tertiary alicyclic amines) is 1. The van der Waals surface area contributed by atoms with Gasteiger partial charge in [0.25, 0.3) is 0 Å². The third-order valence-electron chi connectivity index (χ3n) is 2.68. The van der Waals surface area contributed by atoms with Crippen molar-refractivity contribution in [3.8, 4) is 0 Å². The SMILES string of the molecule is C1CCN(CC2CSCCN2)C1. The quantitative estimate of drug-likeness (QED) is 0.686. The molecule has 1 atom stereocenters. The van der Waals surface area contributed by atoms with Crippen molar-refractivity contribution in [2.24, 2.45) is 0 Å². The fourth-order valence-corrected chi connectivity index (χ4v) is 2.95.